The molecule has 0 aliphatic heterocycles. The summed E-state index contributed by atoms with van der Waals surface area (Å²) >= 11 is 1.29. The Morgan fingerprint density at radius 1 is 1.47 bits per heavy atom. The molecule has 19 heavy (non-hydrogen) atoms. The number of thiazole rings is 1. The van der Waals surface area contributed by atoms with E-state index in [9.17, 15) is 9.59 Å². The van der Waals surface area contributed by atoms with Crippen LogP contribution in [-0.4, -0.2) is 27.5 Å². The molecule has 2 aromatic heterocycles. The Morgan fingerprint density at radius 2 is 2.21 bits per heavy atom. The SMILES string of the molecule is CC(C)(NC(=O)c1csc(-c2ccoc2)n1)C(=O)O. The van der Waals surface area contributed by atoms with E-state index in [2.05, 4.69) is 10.3 Å². The van der Waals surface area contributed by atoms with Gasteiger partial charge in [-0.1, -0.05) is 0 Å². The van der Waals surface area contributed by atoms with Crippen LogP contribution in [0.1, 0.15) is 24.3 Å². The number of amides is 1. The molecule has 2 rings (SSSR count). The molecule has 100 valence electrons. The van der Waals surface area contributed by atoms with Crippen molar-refractivity contribution >= 4 is 23.2 Å². The predicted octanol–water partition coefficient (Wildman–Crippen LogP) is 2.00. The average Bonchev–Trinajstić information content (AvgIpc) is 2.99. The molecule has 0 bridgehead atoms. The molecule has 0 radical (unpaired) electrons. The maximum atomic E-state index is 11.9. The summed E-state index contributed by atoms with van der Waals surface area (Å²) < 4.78 is 4.94. The van der Waals surface area contributed by atoms with Crippen LogP contribution in [0.3, 0.4) is 0 Å². The maximum absolute atomic E-state index is 11.9. The fourth-order valence-electron chi connectivity index (χ4n) is 1.30. The molecule has 1 amide bonds. The molecule has 6 nitrogen and oxygen atoms in total. The van der Waals surface area contributed by atoms with Gasteiger partial charge in [-0.2, -0.15) is 0 Å². The second-order valence-electron chi connectivity index (χ2n) is 4.43. The molecule has 2 aromatic rings. The largest absolute Gasteiger partial charge is 0.480 e. The van der Waals surface area contributed by atoms with E-state index in [0.29, 0.717) is 5.01 Å². The third-order valence-electron chi connectivity index (χ3n) is 2.47. The lowest BCUT2D eigenvalue weighted by molar-refractivity contribution is -0.143. The topological polar surface area (TPSA) is 92.4 Å². The summed E-state index contributed by atoms with van der Waals surface area (Å²) in [5.41, 5.74) is -0.367. The lowest BCUT2D eigenvalue weighted by Gasteiger charge is -2.20. The quantitative estimate of drug-likeness (QED) is 0.893. The number of furan rings is 1. The Bertz CT molecular complexity index is 601. The summed E-state index contributed by atoms with van der Waals surface area (Å²) in [7, 11) is 0. The number of carboxylic acid groups (broad SMARTS) is 1. The lowest BCUT2D eigenvalue weighted by atomic mass is 10.1. The molecule has 0 unspecified atom stereocenters. The van der Waals surface area contributed by atoms with E-state index < -0.39 is 17.4 Å². The van der Waals surface area contributed by atoms with Gasteiger partial charge in [-0.05, 0) is 19.9 Å². The zero-order valence-electron chi connectivity index (χ0n) is 10.3. The first-order valence-corrected chi connectivity index (χ1v) is 6.32. The molecular formula is C12H12N2O4S. The minimum absolute atomic E-state index is 0.190. The highest BCUT2D eigenvalue weighted by atomic mass is 32.1. The van der Waals surface area contributed by atoms with Crippen molar-refractivity contribution in [1.82, 2.24) is 10.3 Å². The number of nitrogens with one attached hydrogen (secondary N) is 1. The van der Waals surface area contributed by atoms with E-state index >= 15 is 0 Å². The molecule has 2 heterocycles. The van der Waals surface area contributed by atoms with Gasteiger partial charge < -0.3 is 14.8 Å². The Hall–Kier alpha value is -2.15. The summed E-state index contributed by atoms with van der Waals surface area (Å²) in [4.78, 5) is 27.0. The van der Waals surface area contributed by atoms with Gasteiger partial charge in [0.1, 0.15) is 22.5 Å². The summed E-state index contributed by atoms with van der Waals surface area (Å²) in [6.45, 7) is 2.83. The van der Waals surface area contributed by atoms with Gasteiger partial charge in [-0.3, -0.25) is 4.79 Å². The van der Waals surface area contributed by atoms with Crippen LogP contribution in [0.2, 0.25) is 0 Å². The van der Waals surface area contributed by atoms with Crippen molar-refractivity contribution in [1.29, 1.82) is 0 Å². The monoisotopic (exact) mass is 280 g/mol. The van der Waals surface area contributed by atoms with Gasteiger partial charge in [-0.25, -0.2) is 9.78 Å². The number of nitrogens with zero attached hydrogens (tertiary/aromatic N) is 1. The highest BCUT2D eigenvalue weighted by Gasteiger charge is 2.30. The van der Waals surface area contributed by atoms with Crippen LogP contribution < -0.4 is 5.32 Å². The van der Waals surface area contributed by atoms with Crippen LogP contribution >= 0.6 is 11.3 Å². The van der Waals surface area contributed by atoms with E-state index in [4.69, 9.17) is 9.52 Å². The molecule has 0 aromatic carbocycles. The number of aromatic nitrogens is 1. The Balaban J connectivity index is 2.15. The first-order valence-electron chi connectivity index (χ1n) is 5.44. The summed E-state index contributed by atoms with van der Waals surface area (Å²) in [5.74, 6) is -1.62. The molecule has 0 saturated heterocycles. The number of carboxylic acids is 1. The van der Waals surface area contributed by atoms with Crippen LogP contribution in [0.5, 0.6) is 0 Å². The van der Waals surface area contributed by atoms with Crippen molar-refractivity contribution in [3.63, 3.8) is 0 Å². The highest BCUT2D eigenvalue weighted by Crippen LogP contribution is 2.24. The number of hydrogen-bond donors (Lipinski definition) is 2. The van der Waals surface area contributed by atoms with Crippen molar-refractivity contribution in [2.75, 3.05) is 0 Å². The fourth-order valence-corrected chi connectivity index (χ4v) is 2.08. The van der Waals surface area contributed by atoms with Crippen LogP contribution in [0.25, 0.3) is 10.6 Å². The molecule has 0 aliphatic carbocycles. The maximum Gasteiger partial charge on any atom is 0.328 e. The smallest absolute Gasteiger partial charge is 0.328 e. The van der Waals surface area contributed by atoms with Gasteiger partial charge >= 0.3 is 5.97 Å². The van der Waals surface area contributed by atoms with Crippen molar-refractivity contribution < 1.29 is 19.1 Å². The molecule has 2 N–H and O–H groups in total. The highest BCUT2D eigenvalue weighted by molar-refractivity contribution is 7.13. The lowest BCUT2D eigenvalue weighted by Crippen LogP contribution is -2.49. The number of rotatable bonds is 4. The fraction of sp³-hybridized carbons (Fsp3) is 0.250. The average molecular weight is 280 g/mol. The van der Waals surface area contributed by atoms with Crippen LogP contribution in [-0.2, 0) is 4.79 Å². The molecule has 0 saturated carbocycles. The second kappa shape index (κ2) is 4.85. The van der Waals surface area contributed by atoms with E-state index in [1.54, 1.807) is 11.4 Å². The third-order valence-corrected chi connectivity index (χ3v) is 3.36. The molecule has 0 atom stereocenters. The van der Waals surface area contributed by atoms with E-state index in [-0.39, 0.29) is 5.69 Å². The third kappa shape index (κ3) is 2.82. The molecule has 0 aliphatic rings. The predicted molar refractivity (Wildman–Crippen MR) is 69.0 cm³/mol. The number of aliphatic carboxylic acids is 1. The zero-order valence-corrected chi connectivity index (χ0v) is 11.2. The summed E-state index contributed by atoms with van der Waals surface area (Å²) in [6, 6.07) is 1.74. The summed E-state index contributed by atoms with van der Waals surface area (Å²) in [6.07, 6.45) is 3.05. The van der Waals surface area contributed by atoms with Gasteiger partial charge in [0, 0.05) is 10.9 Å². The first kappa shape index (κ1) is 13.3. The van der Waals surface area contributed by atoms with Gasteiger partial charge in [0.05, 0.1) is 6.26 Å². The Morgan fingerprint density at radius 3 is 2.79 bits per heavy atom. The standard InChI is InChI=1S/C12H12N2O4S/c1-12(2,11(16)17)14-9(15)8-6-19-10(13-8)7-3-4-18-5-7/h3-6H,1-2H3,(H,14,15)(H,16,17). The van der Waals surface area contributed by atoms with Crippen LogP contribution in [0.15, 0.2) is 28.4 Å². The van der Waals surface area contributed by atoms with Crippen molar-refractivity contribution in [2.45, 2.75) is 19.4 Å². The van der Waals surface area contributed by atoms with Gasteiger partial charge in [-0.15, -0.1) is 11.3 Å². The van der Waals surface area contributed by atoms with Crippen molar-refractivity contribution in [3.8, 4) is 10.6 Å². The normalized spacial score (nSPS) is 11.3. The Labute approximate surface area is 113 Å². The Kier molecular flexibility index (Phi) is 3.39. The van der Waals surface area contributed by atoms with Crippen molar-refractivity contribution in [2.24, 2.45) is 0 Å². The van der Waals surface area contributed by atoms with Crippen molar-refractivity contribution in [3.05, 3.63) is 29.7 Å². The minimum Gasteiger partial charge on any atom is -0.480 e. The van der Waals surface area contributed by atoms with Gasteiger partial charge in [0.2, 0.25) is 0 Å². The van der Waals surface area contributed by atoms with E-state index in [1.807, 2.05) is 0 Å². The number of hydrogen-bond acceptors (Lipinski definition) is 5. The van der Waals surface area contributed by atoms with Gasteiger partial charge in [0.25, 0.3) is 5.91 Å². The second-order valence-corrected chi connectivity index (χ2v) is 5.29. The van der Waals surface area contributed by atoms with Crippen LogP contribution in [0, 0.1) is 0 Å². The number of carbonyl (C=O) groups is 2. The number of carbonyl (C=O) groups excluding carboxylic acids is 1. The minimum atomic E-state index is -1.34. The molecular weight excluding hydrogens is 268 g/mol. The first-order chi connectivity index (χ1) is 8.90. The van der Waals surface area contributed by atoms with Crippen LogP contribution in [0.4, 0.5) is 0 Å². The van der Waals surface area contributed by atoms with E-state index in [1.165, 1.54) is 37.7 Å². The van der Waals surface area contributed by atoms with Gasteiger partial charge in [0.15, 0.2) is 0 Å². The molecule has 7 heteroatoms. The van der Waals surface area contributed by atoms with E-state index in [0.717, 1.165) is 5.56 Å². The molecule has 0 fully saturated rings. The summed E-state index contributed by atoms with van der Waals surface area (Å²) in [5, 5.41) is 13.6. The molecule has 0 spiro atoms. The zero-order chi connectivity index (χ0) is 14.0.